The van der Waals surface area contributed by atoms with E-state index < -0.39 is 32.9 Å². The molecule has 1 aromatic rings. The van der Waals surface area contributed by atoms with E-state index in [0.29, 0.717) is 12.8 Å². The normalized spacial score (nSPS) is 17.2. The predicted molar refractivity (Wildman–Crippen MR) is 73.7 cm³/mol. The number of nitro benzene ring substituents is 1. The second kappa shape index (κ2) is 5.88. The largest absolute Gasteiger partial charge is 0.481 e. The third-order valence-electron chi connectivity index (χ3n) is 3.51. The Kier molecular flexibility index (Phi) is 4.36. The first-order chi connectivity index (χ1) is 9.81. The number of halogens is 1. The van der Waals surface area contributed by atoms with Crippen LogP contribution >= 0.6 is 0 Å². The van der Waals surface area contributed by atoms with Gasteiger partial charge < -0.3 is 5.11 Å². The minimum absolute atomic E-state index is 0.0516. The van der Waals surface area contributed by atoms with E-state index >= 15 is 0 Å². The van der Waals surface area contributed by atoms with Crippen LogP contribution in [-0.4, -0.2) is 26.0 Å². The van der Waals surface area contributed by atoms with Crippen LogP contribution in [0.2, 0.25) is 0 Å². The lowest BCUT2D eigenvalue weighted by Gasteiger charge is -2.12. The number of nitro groups is 1. The summed E-state index contributed by atoms with van der Waals surface area (Å²) in [5, 5.41) is 19.7. The number of aliphatic carboxylic acids is 1. The van der Waals surface area contributed by atoms with Crippen molar-refractivity contribution in [3.63, 3.8) is 0 Å². The van der Waals surface area contributed by atoms with Gasteiger partial charge in [-0.3, -0.25) is 19.1 Å². The third-order valence-corrected chi connectivity index (χ3v) is 5.07. The van der Waals surface area contributed by atoms with Gasteiger partial charge in [-0.2, -0.15) is 0 Å². The number of carbonyl (C=O) groups is 1. The molecule has 0 heterocycles. The highest BCUT2D eigenvalue weighted by molar-refractivity contribution is 7.84. The van der Waals surface area contributed by atoms with Gasteiger partial charge in [0.05, 0.1) is 17.1 Å². The lowest BCUT2D eigenvalue weighted by atomic mass is 10.1. The standard InChI is InChI=1S/C13H14FNO5S/c14-10-1-2-11(15(18)19)9(5-10)7-21(20)8-13(3-4-13)6-12(16)17/h1-2,5H,3-4,6-8H2,(H,16,17). The molecule has 0 saturated heterocycles. The van der Waals surface area contributed by atoms with Gasteiger partial charge in [0.1, 0.15) is 5.82 Å². The molecule has 1 aliphatic rings. The van der Waals surface area contributed by atoms with Gasteiger partial charge in [0, 0.05) is 28.2 Å². The van der Waals surface area contributed by atoms with Crippen molar-refractivity contribution in [2.75, 3.05) is 5.75 Å². The molecule has 0 aromatic heterocycles. The molecule has 0 amide bonds. The summed E-state index contributed by atoms with van der Waals surface area (Å²) in [6.45, 7) is 0. The molecule has 2 rings (SSSR count). The molecule has 0 radical (unpaired) electrons. The summed E-state index contributed by atoms with van der Waals surface area (Å²) < 4.78 is 25.3. The summed E-state index contributed by atoms with van der Waals surface area (Å²) in [6, 6.07) is 3.04. The van der Waals surface area contributed by atoms with Crippen LogP contribution in [0.3, 0.4) is 0 Å². The first-order valence-corrected chi connectivity index (χ1v) is 7.80. The minimum atomic E-state index is -1.46. The van der Waals surface area contributed by atoms with Crippen LogP contribution in [0, 0.1) is 21.3 Å². The molecule has 1 unspecified atom stereocenters. The van der Waals surface area contributed by atoms with Crippen molar-refractivity contribution < 1.29 is 23.4 Å². The molecule has 8 heteroatoms. The average Bonchev–Trinajstić information content (AvgIpc) is 3.06. The fraction of sp³-hybridized carbons (Fsp3) is 0.462. The highest BCUT2D eigenvalue weighted by Crippen LogP contribution is 2.49. The van der Waals surface area contributed by atoms with Gasteiger partial charge in [-0.05, 0) is 30.4 Å². The van der Waals surface area contributed by atoms with Crippen LogP contribution in [0.5, 0.6) is 0 Å². The van der Waals surface area contributed by atoms with E-state index in [1.165, 1.54) is 0 Å². The molecule has 114 valence electrons. The summed E-state index contributed by atoms with van der Waals surface area (Å²) in [6.07, 6.45) is 1.33. The molecule has 21 heavy (non-hydrogen) atoms. The Morgan fingerprint density at radius 1 is 1.48 bits per heavy atom. The average molecular weight is 315 g/mol. The molecule has 0 spiro atoms. The molecule has 1 N–H and O–H groups in total. The fourth-order valence-electron chi connectivity index (χ4n) is 2.28. The molecule has 1 atom stereocenters. The number of carboxylic acid groups (broad SMARTS) is 1. The Hall–Kier alpha value is -1.83. The molecule has 1 fully saturated rings. The van der Waals surface area contributed by atoms with E-state index in [-0.39, 0.29) is 29.2 Å². The maximum atomic E-state index is 13.2. The second-order valence-corrected chi connectivity index (χ2v) is 6.79. The van der Waals surface area contributed by atoms with Crippen molar-refractivity contribution in [2.45, 2.75) is 25.0 Å². The number of hydrogen-bond donors (Lipinski definition) is 1. The first-order valence-electron chi connectivity index (χ1n) is 6.31. The van der Waals surface area contributed by atoms with Gasteiger partial charge in [-0.25, -0.2) is 4.39 Å². The van der Waals surface area contributed by atoms with E-state index in [0.717, 1.165) is 18.2 Å². The van der Waals surface area contributed by atoms with Crippen molar-refractivity contribution >= 4 is 22.5 Å². The Balaban J connectivity index is 2.08. The number of hydrogen-bond acceptors (Lipinski definition) is 4. The van der Waals surface area contributed by atoms with E-state index in [1.807, 2.05) is 0 Å². The smallest absolute Gasteiger partial charge is 0.303 e. The van der Waals surface area contributed by atoms with Gasteiger partial charge in [-0.1, -0.05) is 0 Å². The van der Waals surface area contributed by atoms with E-state index in [9.17, 15) is 23.5 Å². The molecule has 1 aromatic carbocycles. The summed E-state index contributed by atoms with van der Waals surface area (Å²) in [5.41, 5.74) is -0.656. The van der Waals surface area contributed by atoms with Crippen molar-refractivity contribution in [2.24, 2.45) is 5.41 Å². The zero-order valence-electron chi connectivity index (χ0n) is 11.1. The summed E-state index contributed by atoms with van der Waals surface area (Å²) >= 11 is 0. The Labute approximate surface area is 122 Å². The first kappa shape index (κ1) is 15.6. The van der Waals surface area contributed by atoms with Gasteiger partial charge in [0.15, 0.2) is 0 Å². The van der Waals surface area contributed by atoms with Gasteiger partial charge in [-0.15, -0.1) is 0 Å². The maximum absolute atomic E-state index is 13.2. The highest BCUT2D eigenvalue weighted by Gasteiger charge is 2.45. The van der Waals surface area contributed by atoms with Crippen molar-refractivity contribution in [1.29, 1.82) is 0 Å². The van der Waals surface area contributed by atoms with Crippen LogP contribution in [0.1, 0.15) is 24.8 Å². The Morgan fingerprint density at radius 2 is 2.14 bits per heavy atom. The van der Waals surface area contributed by atoms with Gasteiger partial charge >= 0.3 is 5.97 Å². The summed E-state index contributed by atoms with van der Waals surface area (Å²) in [4.78, 5) is 21.0. The molecule has 0 bridgehead atoms. The predicted octanol–water partition coefficient (Wildman–Crippen LogP) is 2.24. The molecule has 1 aliphatic carbocycles. The SMILES string of the molecule is O=C(O)CC1(CS(=O)Cc2cc(F)ccc2[N+](=O)[O-])CC1. The lowest BCUT2D eigenvalue weighted by Crippen LogP contribution is -2.17. The lowest BCUT2D eigenvalue weighted by molar-refractivity contribution is -0.385. The van der Waals surface area contributed by atoms with Gasteiger partial charge in [0.25, 0.3) is 5.69 Å². The number of rotatable bonds is 7. The Morgan fingerprint density at radius 3 is 2.67 bits per heavy atom. The van der Waals surface area contributed by atoms with Crippen LogP contribution in [0.4, 0.5) is 10.1 Å². The Bertz CT molecular complexity index is 615. The molecular formula is C13H14FNO5S. The van der Waals surface area contributed by atoms with E-state index in [4.69, 9.17) is 5.11 Å². The van der Waals surface area contributed by atoms with Crippen LogP contribution < -0.4 is 0 Å². The van der Waals surface area contributed by atoms with E-state index in [1.54, 1.807) is 0 Å². The van der Waals surface area contributed by atoms with Crippen molar-refractivity contribution in [1.82, 2.24) is 0 Å². The number of carboxylic acids is 1. The quantitative estimate of drug-likeness (QED) is 0.614. The molecule has 6 nitrogen and oxygen atoms in total. The third kappa shape index (κ3) is 4.07. The van der Waals surface area contributed by atoms with Crippen molar-refractivity contribution in [3.05, 3.63) is 39.7 Å². The number of benzene rings is 1. The van der Waals surface area contributed by atoms with Crippen LogP contribution in [0.15, 0.2) is 18.2 Å². The molecular weight excluding hydrogens is 301 g/mol. The molecule has 1 saturated carbocycles. The monoisotopic (exact) mass is 315 g/mol. The zero-order chi connectivity index (χ0) is 15.6. The maximum Gasteiger partial charge on any atom is 0.303 e. The second-order valence-electron chi connectivity index (χ2n) is 5.33. The number of nitrogens with zero attached hydrogens (tertiary/aromatic N) is 1. The summed E-state index contributed by atoms with van der Waals surface area (Å²) in [7, 11) is -1.46. The van der Waals surface area contributed by atoms with Gasteiger partial charge in [0.2, 0.25) is 0 Å². The topological polar surface area (TPSA) is 97.5 Å². The minimum Gasteiger partial charge on any atom is -0.481 e. The van der Waals surface area contributed by atoms with Crippen LogP contribution in [0.25, 0.3) is 0 Å². The highest BCUT2D eigenvalue weighted by atomic mass is 32.2. The summed E-state index contributed by atoms with van der Waals surface area (Å²) in [5.74, 6) is -1.54. The van der Waals surface area contributed by atoms with E-state index in [2.05, 4.69) is 0 Å². The fourth-order valence-corrected chi connectivity index (χ4v) is 4.04. The van der Waals surface area contributed by atoms with Crippen LogP contribution in [-0.2, 0) is 21.3 Å². The zero-order valence-corrected chi connectivity index (χ0v) is 11.9. The van der Waals surface area contributed by atoms with Crippen molar-refractivity contribution in [3.8, 4) is 0 Å². The molecule has 0 aliphatic heterocycles.